The number of alkyl halides is 1. The van der Waals surface area contributed by atoms with Gasteiger partial charge in [-0.1, -0.05) is 47.5 Å². The predicted molar refractivity (Wildman–Crippen MR) is 80.8 cm³/mol. The van der Waals surface area contributed by atoms with Crippen LogP contribution < -0.4 is 5.73 Å². The molecule has 1 rings (SSSR count). The number of rotatable bonds is 5. The summed E-state index contributed by atoms with van der Waals surface area (Å²) in [5, 5.41) is 0.952. The highest BCUT2D eigenvalue weighted by atomic mass is 79.9. The Labute approximate surface area is 113 Å². The van der Waals surface area contributed by atoms with E-state index in [1.54, 1.807) is 0 Å². The van der Waals surface area contributed by atoms with E-state index in [0.29, 0.717) is 0 Å². The number of nitrogens with two attached hydrogens (primary N) is 1. The fourth-order valence-corrected chi connectivity index (χ4v) is 2.46. The standard InChI is InChI=1S/C15H22BrN/c1-4-6-12(10-16)8-14-7-11(3)15(17)9-13(14)5-2/h6-7,9H,4-5,8,10,17H2,1-3H3. The van der Waals surface area contributed by atoms with Gasteiger partial charge in [-0.05, 0) is 48.9 Å². The fourth-order valence-electron chi connectivity index (χ4n) is 2.03. The van der Waals surface area contributed by atoms with E-state index in [1.165, 1.54) is 22.3 Å². The second-order valence-electron chi connectivity index (χ2n) is 4.41. The van der Waals surface area contributed by atoms with E-state index in [0.717, 1.165) is 30.3 Å². The van der Waals surface area contributed by atoms with Gasteiger partial charge in [-0.25, -0.2) is 0 Å². The van der Waals surface area contributed by atoms with Crippen molar-refractivity contribution in [2.75, 3.05) is 11.1 Å². The quantitative estimate of drug-likeness (QED) is 0.486. The number of benzene rings is 1. The van der Waals surface area contributed by atoms with Crippen LogP contribution in [0.5, 0.6) is 0 Å². The molecule has 0 saturated carbocycles. The minimum absolute atomic E-state index is 0.908. The zero-order chi connectivity index (χ0) is 12.8. The van der Waals surface area contributed by atoms with Crippen molar-refractivity contribution in [3.63, 3.8) is 0 Å². The molecule has 0 heterocycles. The van der Waals surface area contributed by atoms with Crippen LogP contribution in [0.1, 0.15) is 37.0 Å². The van der Waals surface area contributed by atoms with Gasteiger partial charge in [0.05, 0.1) is 0 Å². The molecule has 0 aliphatic carbocycles. The molecule has 2 heteroatoms. The van der Waals surface area contributed by atoms with Crippen molar-refractivity contribution in [1.82, 2.24) is 0 Å². The summed E-state index contributed by atoms with van der Waals surface area (Å²) in [5.74, 6) is 0. The molecule has 2 N–H and O–H groups in total. The Morgan fingerprint density at radius 1 is 1.29 bits per heavy atom. The molecule has 1 aromatic rings. The number of nitrogen functional groups attached to an aromatic ring is 1. The van der Waals surface area contributed by atoms with Gasteiger partial charge in [0, 0.05) is 11.0 Å². The average Bonchev–Trinajstić information content (AvgIpc) is 2.32. The van der Waals surface area contributed by atoms with E-state index < -0.39 is 0 Å². The monoisotopic (exact) mass is 295 g/mol. The van der Waals surface area contributed by atoms with E-state index in [1.807, 2.05) is 0 Å². The third-order valence-corrected chi connectivity index (χ3v) is 3.77. The zero-order valence-electron chi connectivity index (χ0n) is 11.0. The van der Waals surface area contributed by atoms with E-state index in [9.17, 15) is 0 Å². The van der Waals surface area contributed by atoms with Gasteiger partial charge in [0.25, 0.3) is 0 Å². The summed E-state index contributed by atoms with van der Waals surface area (Å²) in [4.78, 5) is 0. The summed E-state index contributed by atoms with van der Waals surface area (Å²) < 4.78 is 0. The Morgan fingerprint density at radius 2 is 2.00 bits per heavy atom. The number of halogens is 1. The minimum Gasteiger partial charge on any atom is -0.399 e. The molecule has 0 bridgehead atoms. The van der Waals surface area contributed by atoms with Crippen molar-refractivity contribution in [3.8, 4) is 0 Å². The first-order valence-electron chi connectivity index (χ1n) is 6.24. The van der Waals surface area contributed by atoms with Crippen molar-refractivity contribution in [1.29, 1.82) is 0 Å². The number of allylic oxidation sites excluding steroid dienone is 2. The molecule has 17 heavy (non-hydrogen) atoms. The SMILES string of the molecule is CCC=C(CBr)Cc1cc(C)c(N)cc1CC. The van der Waals surface area contributed by atoms with E-state index in [4.69, 9.17) is 5.73 Å². The Bertz CT molecular complexity index is 408. The molecular formula is C15H22BrN. The lowest BCUT2D eigenvalue weighted by molar-refractivity contribution is 1.03. The van der Waals surface area contributed by atoms with Crippen LogP contribution in [-0.2, 0) is 12.8 Å². The zero-order valence-corrected chi connectivity index (χ0v) is 12.6. The molecule has 1 aromatic carbocycles. The van der Waals surface area contributed by atoms with Gasteiger partial charge in [0.15, 0.2) is 0 Å². The molecule has 0 atom stereocenters. The lowest BCUT2D eigenvalue weighted by Gasteiger charge is -2.12. The summed E-state index contributed by atoms with van der Waals surface area (Å²) in [7, 11) is 0. The van der Waals surface area contributed by atoms with Crippen LogP contribution in [0.15, 0.2) is 23.8 Å². The minimum atomic E-state index is 0.908. The highest BCUT2D eigenvalue weighted by molar-refractivity contribution is 9.09. The molecule has 0 spiro atoms. The van der Waals surface area contributed by atoms with Crippen molar-refractivity contribution < 1.29 is 0 Å². The summed E-state index contributed by atoms with van der Waals surface area (Å²) in [6.45, 7) is 6.44. The van der Waals surface area contributed by atoms with Gasteiger partial charge in [0.1, 0.15) is 0 Å². The first-order valence-corrected chi connectivity index (χ1v) is 7.36. The number of hydrogen-bond donors (Lipinski definition) is 1. The predicted octanol–water partition coefficient (Wildman–Crippen LogP) is 4.41. The molecule has 0 amide bonds. The van der Waals surface area contributed by atoms with Crippen LogP contribution in [0.25, 0.3) is 0 Å². The maximum atomic E-state index is 5.96. The number of aryl methyl sites for hydroxylation is 2. The Morgan fingerprint density at radius 3 is 2.53 bits per heavy atom. The maximum absolute atomic E-state index is 5.96. The molecule has 0 aliphatic heterocycles. The normalized spacial score (nSPS) is 11.9. The summed E-state index contributed by atoms with van der Waals surface area (Å²) >= 11 is 3.56. The molecule has 94 valence electrons. The van der Waals surface area contributed by atoms with Crippen molar-refractivity contribution in [2.45, 2.75) is 40.0 Å². The fraction of sp³-hybridized carbons (Fsp3) is 0.467. The largest absolute Gasteiger partial charge is 0.399 e. The summed E-state index contributed by atoms with van der Waals surface area (Å²) in [5.41, 5.74) is 12.3. The smallest absolute Gasteiger partial charge is 0.0346 e. The maximum Gasteiger partial charge on any atom is 0.0346 e. The topological polar surface area (TPSA) is 26.0 Å². The van der Waals surface area contributed by atoms with E-state index in [2.05, 4.69) is 54.9 Å². The van der Waals surface area contributed by atoms with Crippen molar-refractivity contribution in [2.24, 2.45) is 0 Å². The lowest BCUT2D eigenvalue weighted by atomic mass is 9.95. The Kier molecular flexibility index (Phi) is 5.76. The van der Waals surface area contributed by atoms with Crippen molar-refractivity contribution in [3.05, 3.63) is 40.5 Å². The van der Waals surface area contributed by atoms with Gasteiger partial charge in [0.2, 0.25) is 0 Å². The summed E-state index contributed by atoms with van der Waals surface area (Å²) in [6.07, 6.45) is 5.47. The highest BCUT2D eigenvalue weighted by Gasteiger charge is 2.06. The molecular weight excluding hydrogens is 274 g/mol. The Balaban J connectivity index is 3.04. The van der Waals surface area contributed by atoms with Gasteiger partial charge in [-0.2, -0.15) is 0 Å². The van der Waals surface area contributed by atoms with Crippen LogP contribution in [-0.4, -0.2) is 5.33 Å². The summed E-state index contributed by atoms with van der Waals surface area (Å²) in [6, 6.07) is 4.36. The molecule has 0 saturated heterocycles. The van der Waals surface area contributed by atoms with Crippen LogP contribution in [0.3, 0.4) is 0 Å². The molecule has 0 aromatic heterocycles. The first kappa shape index (κ1) is 14.3. The molecule has 0 unspecified atom stereocenters. The third-order valence-electron chi connectivity index (χ3n) is 3.05. The molecule has 1 nitrogen and oxygen atoms in total. The van der Waals surface area contributed by atoms with Gasteiger partial charge >= 0.3 is 0 Å². The second-order valence-corrected chi connectivity index (χ2v) is 4.97. The van der Waals surface area contributed by atoms with Crippen LogP contribution in [0, 0.1) is 6.92 Å². The van der Waals surface area contributed by atoms with E-state index >= 15 is 0 Å². The molecule has 0 fully saturated rings. The first-order chi connectivity index (χ1) is 8.12. The van der Waals surface area contributed by atoms with Gasteiger partial charge in [-0.15, -0.1) is 0 Å². The lowest BCUT2D eigenvalue weighted by Crippen LogP contribution is -2.01. The average molecular weight is 296 g/mol. The Hall–Kier alpha value is -0.760. The molecule has 0 radical (unpaired) electrons. The van der Waals surface area contributed by atoms with Crippen LogP contribution in [0.2, 0.25) is 0 Å². The highest BCUT2D eigenvalue weighted by Crippen LogP contribution is 2.22. The van der Waals surface area contributed by atoms with Gasteiger partial charge in [-0.3, -0.25) is 0 Å². The molecule has 0 aliphatic rings. The van der Waals surface area contributed by atoms with Crippen LogP contribution in [0.4, 0.5) is 5.69 Å². The number of hydrogen-bond acceptors (Lipinski definition) is 1. The third kappa shape index (κ3) is 3.88. The number of anilines is 1. The van der Waals surface area contributed by atoms with Crippen LogP contribution >= 0.6 is 15.9 Å². The van der Waals surface area contributed by atoms with Crippen molar-refractivity contribution >= 4 is 21.6 Å². The van der Waals surface area contributed by atoms with Gasteiger partial charge < -0.3 is 5.73 Å². The second kappa shape index (κ2) is 6.85. The van der Waals surface area contributed by atoms with E-state index in [-0.39, 0.29) is 0 Å².